The molecule has 0 radical (unpaired) electrons. The van der Waals surface area contributed by atoms with Crippen LogP contribution in [0.3, 0.4) is 0 Å². The van der Waals surface area contributed by atoms with Crippen LogP contribution in [0.25, 0.3) is 0 Å². The number of thioether (sulfide) groups is 1. The maximum absolute atomic E-state index is 12.4. The average molecular weight is 380 g/mol. The summed E-state index contributed by atoms with van der Waals surface area (Å²) >= 11 is 1.92. The van der Waals surface area contributed by atoms with Crippen molar-refractivity contribution < 1.29 is 14.3 Å². The predicted octanol–water partition coefficient (Wildman–Crippen LogP) is 1.28. The molecule has 1 amide bonds. The number of nitrogens with zero attached hydrogens (tertiary/aromatic N) is 1. The lowest BCUT2D eigenvalue weighted by atomic mass is 10.0. The van der Waals surface area contributed by atoms with E-state index in [1.54, 1.807) is 7.11 Å². The van der Waals surface area contributed by atoms with Crippen molar-refractivity contribution in [3.8, 4) is 5.75 Å². The highest BCUT2D eigenvalue weighted by atomic mass is 32.2. The second-order valence-corrected chi connectivity index (χ2v) is 7.82. The van der Waals surface area contributed by atoms with Gasteiger partial charge in [0.25, 0.3) is 0 Å². The molecule has 2 heterocycles. The minimum Gasteiger partial charge on any atom is -0.497 e. The van der Waals surface area contributed by atoms with Crippen LogP contribution in [0.4, 0.5) is 0 Å². The first-order valence-electron chi connectivity index (χ1n) is 9.30. The number of nitrogens with one attached hydrogen (secondary N) is 2. The van der Waals surface area contributed by atoms with Crippen molar-refractivity contribution in [3.05, 3.63) is 29.8 Å². The number of ether oxygens (including phenoxy) is 2. The molecule has 1 aromatic carbocycles. The van der Waals surface area contributed by atoms with Gasteiger partial charge in [-0.1, -0.05) is 12.1 Å². The quantitative estimate of drug-likeness (QED) is 0.744. The summed E-state index contributed by atoms with van der Waals surface area (Å²) in [6.45, 7) is 4.85. The summed E-state index contributed by atoms with van der Waals surface area (Å²) in [5.41, 5.74) is 1.19. The summed E-state index contributed by atoms with van der Waals surface area (Å²) in [6.07, 6.45) is 0.547. The molecule has 0 aliphatic carbocycles. The number of methoxy groups -OCH3 is 1. The zero-order chi connectivity index (χ0) is 18.2. The first-order chi connectivity index (χ1) is 12.8. The van der Waals surface area contributed by atoms with Crippen molar-refractivity contribution in [2.45, 2.75) is 18.5 Å². The van der Waals surface area contributed by atoms with E-state index in [0.29, 0.717) is 13.0 Å². The van der Waals surface area contributed by atoms with Crippen LogP contribution < -0.4 is 15.4 Å². The minimum absolute atomic E-state index is 0.122. The molecule has 6 nitrogen and oxygen atoms in total. The summed E-state index contributed by atoms with van der Waals surface area (Å²) in [5, 5.41) is 6.58. The van der Waals surface area contributed by atoms with E-state index in [9.17, 15) is 4.79 Å². The van der Waals surface area contributed by atoms with Gasteiger partial charge in [-0.05, 0) is 17.7 Å². The summed E-state index contributed by atoms with van der Waals surface area (Å²) in [4.78, 5) is 14.8. The number of carbonyl (C=O) groups is 1. The second-order valence-electron chi connectivity index (χ2n) is 6.67. The molecule has 2 aliphatic heterocycles. The van der Waals surface area contributed by atoms with Gasteiger partial charge in [0, 0.05) is 50.1 Å². The molecule has 2 N–H and O–H groups in total. The van der Waals surface area contributed by atoms with E-state index < -0.39 is 0 Å². The van der Waals surface area contributed by atoms with Gasteiger partial charge in [0.1, 0.15) is 5.75 Å². The Morgan fingerprint density at radius 2 is 2.15 bits per heavy atom. The van der Waals surface area contributed by atoms with Crippen molar-refractivity contribution in [2.75, 3.05) is 58.0 Å². The molecular formula is C19H29N3O3S. The lowest BCUT2D eigenvalue weighted by Crippen LogP contribution is -2.45. The third kappa shape index (κ3) is 5.61. The Kier molecular flexibility index (Phi) is 7.61. The molecule has 0 bridgehead atoms. The first kappa shape index (κ1) is 19.5. The maximum atomic E-state index is 12.4. The van der Waals surface area contributed by atoms with E-state index in [0.717, 1.165) is 50.1 Å². The molecule has 7 heteroatoms. The molecule has 2 saturated heterocycles. The molecule has 0 spiro atoms. The molecule has 0 aromatic heterocycles. The number of hydrogen-bond acceptors (Lipinski definition) is 6. The smallest absolute Gasteiger partial charge is 0.221 e. The van der Waals surface area contributed by atoms with Crippen molar-refractivity contribution in [3.63, 3.8) is 0 Å². The van der Waals surface area contributed by atoms with Gasteiger partial charge in [-0.2, -0.15) is 11.8 Å². The topological polar surface area (TPSA) is 62.8 Å². The van der Waals surface area contributed by atoms with Crippen molar-refractivity contribution in [1.29, 1.82) is 0 Å². The van der Waals surface area contributed by atoms with E-state index in [1.165, 1.54) is 5.56 Å². The number of morpholine rings is 1. The van der Waals surface area contributed by atoms with Crippen LogP contribution in [0, 0.1) is 0 Å². The SMILES string of the molecule is COc1ccc(C(CNC(=O)CC2CSCCN2)N2CCOCC2)cc1. The third-order valence-electron chi connectivity index (χ3n) is 4.91. The predicted molar refractivity (Wildman–Crippen MR) is 105 cm³/mol. The molecule has 144 valence electrons. The largest absolute Gasteiger partial charge is 0.497 e. The molecular weight excluding hydrogens is 350 g/mol. The van der Waals surface area contributed by atoms with Crippen LogP contribution in [0.2, 0.25) is 0 Å². The van der Waals surface area contributed by atoms with Crippen LogP contribution in [-0.2, 0) is 9.53 Å². The number of amides is 1. The van der Waals surface area contributed by atoms with Gasteiger partial charge in [0.2, 0.25) is 5.91 Å². The van der Waals surface area contributed by atoms with Gasteiger partial charge in [-0.3, -0.25) is 9.69 Å². The average Bonchev–Trinajstić information content (AvgIpc) is 2.70. The fourth-order valence-corrected chi connectivity index (χ4v) is 4.38. The van der Waals surface area contributed by atoms with Gasteiger partial charge in [0.05, 0.1) is 26.4 Å². The molecule has 0 saturated carbocycles. The molecule has 1 aromatic rings. The summed E-state index contributed by atoms with van der Waals surface area (Å²) < 4.78 is 10.8. The monoisotopic (exact) mass is 379 g/mol. The highest BCUT2D eigenvalue weighted by Crippen LogP contribution is 2.23. The highest BCUT2D eigenvalue weighted by molar-refractivity contribution is 7.99. The normalized spacial score (nSPS) is 22.6. The van der Waals surface area contributed by atoms with Crippen molar-refractivity contribution in [1.82, 2.24) is 15.5 Å². The van der Waals surface area contributed by atoms with Gasteiger partial charge in [-0.15, -0.1) is 0 Å². The van der Waals surface area contributed by atoms with Gasteiger partial charge in [0.15, 0.2) is 0 Å². The Labute approximate surface area is 160 Å². The van der Waals surface area contributed by atoms with Crippen molar-refractivity contribution in [2.24, 2.45) is 0 Å². The Morgan fingerprint density at radius 1 is 1.38 bits per heavy atom. The number of carbonyl (C=O) groups excluding carboxylic acids is 1. The Bertz CT molecular complexity index is 558. The molecule has 26 heavy (non-hydrogen) atoms. The minimum atomic E-state index is 0.122. The van der Waals surface area contributed by atoms with Crippen LogP contribution in [0.5, 0.6) is 5.75 Å². The summed E-state index contributed by atoms with van der Waals surface area (Å²) in [5.74, 6) is 3.11. The van der Waals surface area contributed by atoms with Crippen LogP contribution in [0.1, 0.15) is 18.0 Å². The fraction of sp³-hybridized carbons (Fsp3) is 0.632. The van der Waals surface area contributed by atoms with E-state index in [-0.39, 0.29) is 18.0 Å². The van der Waals surface area contributed by atoms with Crippen LogP contribution in [-0.4, -0.2) is 74.9 Å². The number of benzene rings is 1. The molecule has 2 atom stereocenters. The fourth-order valence-electron chi connectivity index (χ4n) is 3.43. The van der Waals surface area contributed by atoms with Gasteiger partial charge in [-0.25, -0.2) is 0 Å². The van der Waals surface area contributed by atoms with E-state index in [4.69, 9.17) is 9.47 Å². The lowest BCUT2D eigenvalue weighted by molar-refractivity contribution is -0.121. The zero-order valence-corrected chi connectivity index (χ0v) is 16.2. The first-order valence-corrected chi connectivity index (χ1v) is 10.5. The van der Waals surface area contributed by atoms with Crippen molar-refractivity contribution >= 4 is 17.7 Å². The van der Waals surface area contributed by atoms with Crippen LogP contribution in [0.15, 0.2) is 24.3 Å². The number of hydrogen-bond donors (Lipinski definition) is 2. The Balaban J connectivity index is 1.59. The lowest BCUT2D eigenvalue weighted by Gasteiger charge is -2.35. The van der Waals surface area contributed by atoms with Gasteiger partial charge < -0.3 is 20.1 Å². The van der Waals surface area contributed by atoms with E-state index in [1.807, 2.05) is 23.9 Å². The highest BCUT2D eigenvalue weighted by Gasteiger charge is 2.24. The van der Waals surface area contributed by atoms with Crippen LogP contribution >= 0.6 is 11.8 Å². The standard InChI is InChI=1S/C19H29N3O3S/c1-24-17-4-2-15(3-5-17)18(22-7-9-25-10-8-22)13-21-19(23)12-16-14-26-11-6-20-16/h2-5,16,18,20H,6-14H2,1H3,(H,21,23). The Hall–Kier alpha value is -1.28. The molecule has 2 aliphatic rings. The number of rotatable bonds is 7. The third-order valence-corrected chi connectivity index (χ3v) is 6.04. The van der Waals surface area contributed by atoms with E-state index >= 15 is 0 Å². The van der Waals surface area contributed by atoms with Gasteiger partial charge >= 0.3 is 0 Å². The summed E-state index contributed by atoms with van der Waals surface area (Å²) in [6, 6.07) is 8.58. The van der Waals surface area contributed by atoms with E-state index in [2.05, 4.69) is 27.7 Å². The molecule has 2 unspecified atom stereocenters. The second kappa shape index (κ2) is 10.2. The molecule has 2 fully saturated rings. The summed E-state index contributed by atoms with van der Waals surface area (Å²) in [7, 11) is 1.67. The maximum Gasteiger partial charge on any atom is 0.221 e. The molecule has 3 rings (SSSR count). The Morgan fingerprint density at radius 3 is 2.81 bits per heavy atom. The zero-order valence-electron chi connectivity index (χ0n) is 15.4.